The van der Waals surface area contributed by atoms with E-state index in [1.54, 1.807) is 24.3 Å². The van der Waals surface area contributed by atoms with Gasteiger partial charge < -0.3 is 4.90 Å². The number of anilines is 1. The van der Waals surface area contributed by atoms with Crippen molar-refractivity contribution in [2.75, 3.05) is 11.4 Å². The largest absolute Gasteiger partial charge is 0.349 e. The number of hydrogen-bond acceptors (Lipinski definition) is 3. The minimum atomic E-state index is -4.33. The summed E-state index contributed by atoms with van der Waals surface area (Å²) in [6.07, 6.45) is 4.24. The van der Waals surface area contributed by atoms with Gasteiger partial charge in [0.15, 0.2) is 5.37 Å². The van der Waals surface area contributed by atoms with Crippen LogP contribution in [0.3, 0.4) is 0 Å². The van der Waals surface area contributed by atoms with Crippen LogP contribution in [0.15, 0.2) is 54.6 Å². The molecule has 0 bridgehead atoms. The van der Waals surface area contributed by atoms with Gasteiger partial charge in [-0.2, -0.15) is 8.42 Å². The van der Waals surface area contributed by atoms with Crippen molar-refractivity contribution in [2.45, 2.75) is 51.8 Å². The molecule has 0 fully saturated rings. The molecule has 0 radical (unpaired) electrons. The molecule has 2 aromatic rings. The molecule has 0 aromatic heterocycles. The van der Waals surface area contributed by atoms with E-state index in [4.69, 9.17) is 0 Å². The van der Waals surface area contributed by atoms with E-state index in [0.717, 1.165) is 36.9 Å². The summed E-state index contributed by atoms with van der Waals surface area (Å²) in [6, 6.07) is 16.8. The van der Waals surface area contributed by atoms with E-state index in [-0.39, 0.29) is 0 Å². The first kappa shape index (κ1) is 21.5. The van der Waals surface area contributed by atoms with E-state index in [2.05, 4.69) is 13.8 Å². The highest BCUT2D eigenvalue weighted by molar-refractivity contribution is 7.86. The fraction of sp³-hybridized carbons (Fsp3) is 0.455. The van der Waals surface area contributed by atoms with Crippen LogP contribution in [-0.4, -0.2) is 19.5 Å². The van der Waals surface area contributed by atoms with E-state index in [0.29, 0.717) is 18.0 Å². The Morgan fingerprint density at radius 3 is 2.30 bits per heavy atom. The van der Waals surface area contributed by atoms with Crippen molar-refractivity contribution in [2.24, 2.45) is 5.92 Å². The number of unbranched alkanes of at least 4 members (excludes halogenated alkanes) is 1. The number of benzene rings is 2. The summed E-state index contributed by atoms with van der Waals surface area (Å²) in [6.45, 7) is 6.87. The van der Waals surface area contributed by atoms with Gasteiger partial charge in [-0.3, -0.25) is 4.55 Å². The van der Waals surface area contributed by atoms with Gasteiger partial charge in [0.25, 0.3) is 10.1 Å². The third-order valence-electron chi connectivity index (χ3n) is 4.98. The second-order valence-electron chi connectivity index (χ2n) is 7.19. The first-order valence-corrected chi connectivity index (χ1v) is 11.2. The highest BCUT2D eigenvalue weighted by Gasteiger charge is 2.33. The molecule has 2 atom stereocenters. The van der Waals surface area contributed by atoms with Gasteiger partial charge in [0.2, 0.25) is 0 Å². The molecule has 0 amide bonds. The number of aryl methyl sites for hydroxylation is 1. The molecule has 0 aliphatic carbocycles. The summed E-state index contributed by atoms with van der Waals surface area (Å²) >= 11 is 0. The zero-order valence-corrected chi connectivity index (χ0v) is 17.3. The highest BCUT2D eigenvalue weighted by atomic mass is 32.2. The van der Waals surface area contributed by atoms with Crippen molar-refractivity contribution < 1.29 is 13.0 Å². The molecule has 0 saturated carbocycles. The summed E-state index contributed by atoms with van der Waals surface area (Å²) in [5, 5.41) is -1.11. The maximum atomic E-state index is 12.4. The lowest BCUT2D eigenvalue weighted by molar-refractivity contribution is 0.425. The normalized spacial score (nSPS) is 13.9. The zero-order valence-electron chi connectivity index (χ0n) is 16.5. The predicted octanol–water partition coefficient (Wildman–Crippen LogP) is 5.60. The van der Waals surface area contributed by atoms with Crippen molar-refractivity contribution in [3.63, 3.8) is 0 Å². The van der Waals surface area contributed by atoms with Gasteiger partial charge in [-0.1, -0.05) is 75.6 Å². The van der Waals surface area contributed by atoms with Gasteiger partial charge in [0.05, 0.1) is 0 Å². The highest BCUT2D eigenvalue weighted by Crippen LogP contribution is 2.33. The molecular formula is C22H31NO3S. The summed E-state index contributed by atoms with van der Waals surface area (Å²) in [7, 11) is -4.33. The van der Waals surface area contributed by atoms with Crippen molar-refractivity contribution in [3.8, 4) is 0 Å². The standard InChI is InChI=1S/C22H31NO3S/c1-4-6-12-19(5-2)17-23(21-15-10-11-18(3)16-21)22(27(24,25)26)20-13-8-7-9-14-20/h7-11,13-16,19,22H,4-6,12,17H2,1-3H3,(H,24,25,26). The van der Waals surface area contributed by atoms with Gasteiger partial charge in [0, 0.05) is 12.2 Å². The Morgan fingerprint density at radius 1 is 1.04 bits per heavy atom. The SMILES string of the molecule is CCCCC(CC)CN(c1cccc(C)c1)C(c1ccccc1)S(=O)(=O)O. The van der Waals surface area contributed by atoms with Gasteiger partial charge >= 0.3 is 0 Å². The molecule has 4 nitrogen and oxygen atoms in total. The number of rotatable bonds is 10. The first-order chi connectivity index (χ1) is 12.9. The Morgan fingerprint density at radius 2 is 1.74 bits per heavy atom. The van der Waals surface area contributed by atoms with E-state index in [1.165, 1.54) is 0 Å². The van der Waals surface area contributed by atoms with Gasteiger partial charge in [-0.05, 0) is 42.5 Å². The second-order valence-corrected chi connectivity index (χ2v) is 8.66. The molecule has 2 aromatic carbocycles. The van der Waals surface area contributed by atoms with Crippen LogP contribution in [-0.2, 0) is 10.1 Å². The van der Waals surface area contributed by atoms with Crippen LogP contribution in [0, 0.1) is 12.8 Å². The maximum absolute atomic E-state index is 12.4. The summed E-state index contributed by atoms with van der Waals surface area (Å²) < 4.78 is 35.0. The van der Waals surface area contributed by atoms with Gasteiger partial charge in [-0.15, -0.1) is 0 Å². The summed E-state index contributed by atoms with van der Waals surface area (Å²) in [5.41, 5.74) is 2.45. The van der Waals surface area contributed by atoms with Crippen LogP contribution in [0.1, 0.15) is 56.0 Å². The fourth-order valence-corrected chi connectivity index (χ4v) is 4.50. The molecule has 27 heavy (non-hydrogen) atoms. The molecule has 5 heteroatoms. The molecule has 0 aliphatic rings. The number of nitrogens with zero attached hydrogens (tertiary/aromatic N) is 1. The lowest BCUT2D eigenvalue weighted by atomic mass is 9.98. The summed E-state index contributed by atoms with van der Waals surface area (Å²) in [5.74, 6) is 0.360. The Balaban J connectivity index is 2.51. The van der Waals surface area contributed by atoms with Crippen molar-refractivity contribution >= 4 is 15.8 Å². The van der Waals surface area contributed by atoms with Gasteiger partial charge in [-0.25, -0.2) is 0 Å². The maximum Gasteiger partial charge on any atom is 0.290 e. The van der Waals surface area contributed by atoms with Crippen LogP contribution in [0.25, 0.3) is 0 Å². The summed E-state index contributed by atoms with van der Waals surface area (Å²) in [4.78, 5) is 1.85. The minimum absolute atomic E-state index is 0.360. The third-order valence-corrected chi connectivity index (χ3v) is 6.07. The zero-order chi connectivity index (χ0) is 19.9. The lowest BCUT2D eigenvalue weighted by Crippen LogP contribution is -2.37. The van der Waals surface area contributed by atoms with Crippen molar-refractivity contribution in [3.05, 3.63) is 65.7 Å². The molecule has 1 N–H and O–H groups in total. The van der Waals surface area contributed by atoms with Crippen LogP contribution in [0.5, 0.6) is 0 Å². The molecule has 0 aliphatic heterocycles. The van der Waals surface area contributed by atoms with Crippen LogP contribution in [0.4, 0.5) is 5.69 Å². The van der Waals surface area contributed by atoms with E-state index in [9.17, 15) is 13.0 Å². The van der Waals surface area contributed by atoms with Crippen LogP contribution < -0.4 is 4.90 Å². The molecular weight excluding hydrogens is 358 g/mol. The van der Waals surface area contributed by atoms with E-state index in [1.807, 2.05) is 42.2 Å². The number of hydrogen-bond donors (Lipinski definition) is 1. The fourth-order valence-electron chi connectivity index (χ4n) is 3.47. The smallest absolute Gasteiger partial charge is 0.290 e. The second kappa shape index (κ2) is 9.90. The monoisotopic (exact) mass is 389 g/mol. The van der Waals surface area contributed by atoms with E-state index >= 15 is 0 Å². The molecule has 148 valence electrons. The molecule has 0 saturated heterocycles. The molecule has 0 heterocycles. The predicted molar refractivity (Wildman–Crippen MR) is 113 cm³/mol. The molecule has 2 unspecified atom stereocenters. The topological polar surface area (TPSA) is 57.6 Å². The van der Waals surface area contributed by atoms with Crippen LogP contribution >= 0.6 is 0 Å². The molecule has 2 rings (SSSR count). The van der Waals surface area contributed by atoms with Crippen molar-refractivity contribution in [1.29, 1.82) is 0 Å². The molecule has 0 spiro atoms. The van der Waals surface area contributed by atoms with Crippen LogP contribution in [0.2, 0.25) is 0 Å². The van der Waals surface area contributed by atoms with E-state index < -0.39 is 15.5 Å². The first-order valence-electron chi connectivity index (χ1n) is 9.71. The van der Waals surface area contributed by atoms with Crippen molar-refractivity contribution in [1.82, 2.24) is 0 Å². The minimum Gasteiger partial charge on any atom is -0.349 e. The quantitative estimate of drug-likeness (QED) is 0.537. The lowest BCUT2D eigenvalue weighted by Gasteiger charge is -2.35. The average Bonchev–Trinajstić information content (AvgIpc) is 2.64. The third kappa shape index (κ3) is 6.08. The Labute approximate surface area is 164 Å². The van der Waals surface area contributed by atoms with Gasteiger partial charge in [0.1, 0.15) is 0 Å². The Bertz CT molecular complexity index is 805. The Hall–Kier alpha value is -1.85. The Kier molecular flexibility index (Phi) is 7.87. The average molecular weight is 390 g/mol.